The summed E-state index contributed by atoms with van der Waals surface area (Å²) in [6.45, 7) is 0.434. The minimum atomic E-state index is -0.663. The Morgan fingerprint density at radius 1 is 1.04 bits per heavy atom. The molecule has 0 saturated heterocycles. The van der Waals surface area contributed by atoms with Crippen LogP contribution in [-0.4, -0.2) is 40.5 Å². The molecule has 27 heavy (non-hydrogen) atoms. The first-order valence-electron chi connectivity index (χ1n) is 8.35. The van der Waals surface area contributed by atoms with E-state index in [9.17, 15) is 4.79 Å². The lowest BCUT2D eigenvalue weighted by molar-refractivity contribution is -0.147. The second-order valence-corrected chi connectivity index (χ2v) is 6.91. The molecule has 0 amide bonds. The summed E-state index contributed by atoms with van der Waals surface area (Å²) in [6, 6.07) is 12.7. The zero-order valence-corrected chi connectivity index (χ0v) is 18.0. The van der Waals surface area contributed by atoms with Crippen molar-refractivity contribution in [1.82, 2.24) is 5.32 Å². The van der Waals surface area contributed by atoms with Crippen molar-refractivity contribution in [2.45, 2.75) is 18.7 Å². The highest BCUT2D eigenvalue weighted by atomic mass is 127. The largest absolute Gasteiger partial charge is 0.493 e. The molecule has 2 aromatic carbocycles. The van der Waals surface area contributed by atoms with Gasteiger partial charge in [-0.2, -0.15) is 0 Å². The second kappa shape index (κ2) is 10.5. The molecule has 0 bridgehead atoms. The zero-order chi connectivity index (χ0) is 19.8. The lowest BCUT2D eigenvalue weighted by Gasteiger charge is -2.26. The second-order valence-electron chi connectivity index (χ2n) is 5.75. The Balaban J connectivity index is 2.24. The number of halogens is 1. The number of hydrogen-bond donors (Lipinski definition) is 1. The molecule has 2 atom stereocenters. The Hall–Kier alpha value is -1.84. The van der Waals surface area contributed by atoms with Crippen molar-refractivity contribution in [3.8, 4) is 11.5 Å². The molecule has 146 valence electrons. The first kappa shape index (κ1) is 21.5. The maximum atomic E-state index is 12.4. The molecule has 0 radical (unpaired) electrons. The third-order valence-electron chi connectivity index (χ3n) is 4.20. The summed E-state index contributed by atoms with van der Waals surface area (Å²) < 4.78 is 22.3. The number of esters is 1. The van der Waals surface area contributed by atoms with Crippen molar-refractivity contribution in [3.63, 3.8) is 0 Å². The smallest absolute Gasteiger partial charge is 0.325 e. The number of ether oxygens (including phenoxy) is 4. The number of benzene rings is 2. The fraction of sp³-hybridized carbons (Fsp3) is 0.350. The molecule has 0 saturated carbocycles. The van der Waals surface area contributed by atoms with Crippen LogP contribution in [0.5, 0.6) is 11.5 Å². The van der Waals surface area contributed by atoms with Gasteiger partial charge in [-0.05, 0) is 51.9 Å². The van der Waals surface area contributed by atoms with Crippen LogP contribution in [0.2, 0.25) is 0 Å². The average Bonchev–Trinajstić information content (AvgIpc) is 2.71. The first-order chi connectivity index (χ1) is 13.0. The van der Waals surface area contributed by atoms with Crippen molar-refractivity contribution < 1.29 is 23.7 Å². The van der Waals surface area contributed by atoms with Gasteiger partial charge >= 0.3 is 5.97 Å². The number of rotatable bonds is 9. The maximum Gasteiger partial charge on any atom is 0.325 e. The van der Waals surface area contributed by atoms with Crippen LogP contribution in [0, 0.1) is 3.57 Å². The fourth-order valence-electron chi connectivity index (χ4n) is 2.81. The van der Waals surface area contributed by atoms with Crippen LogP contribution in [-0.2, 0) is 20.8 Å². The highest BCUT2D eigenvalue weighted by molar-refractivity contribution is 14.1. The number of nitrogens with one attached hydrogen (secondary N) is 1. The van der Waals surface area contributed by atoms with Gasteiger partial charge in [-0.1, -0.05) is 24.3 Å². The van der Waals surface area contributed by atoms with Gasteiger partial charge in [0.05, 0.1) is 21.3 Å². The third kappa shape index (κ3) is 5.33. The van der Waals surface area contributed by atoms with E-state index in [1.165, 1.54) is 7.11 Å². The minimum Gasteiger partial charge on any atom is -0.493 e. The summed E-state index contributed by atoms with van der Waals surface area (Å²) in [5, 5.41) is 3.25. The molecule has 0 heterocycles. The standard InChI is InChI=1S/C20H24INO5/c1-24-16-10-9-13(11-17(16)25-2)12-22-18(20(23)27-4)19(26-3)14-7-5-6-8-15(14)21/h5-11,18-19,22H,12H2,1-4H3/t18-,19+/m1/s1. The van der Waals surface area contributed by atoms with E-state index in [-0.39, 0.29) is 5.97 Å². The lowest BCUT2D eigenvalue weighted by Crippen LogP contribution is -2.43. The Morgan fingerprint density at radius 2 is 1.74 bits per heavy atom. The summed E-state index contributed by atoms with van der Waals surface area (Å²) in [4.78, 5) is 12.4. The Labute approximate surface area is 173 Å². The van der Waals surface area contributed by atoms with E-state index in [0.29, 0.717) is 18.0 Å². The summed E-state index contributed by atoms with van der Waals surface area (Å²) in [5.74, 6) is 0.897. The lowest BCUT2D eigenvalue weighted by atomic mass is 10.0. The number of hydrogen-bond acceptors (Lipinski definition) is 6. The van der Waals surface area contributed by atoms with Gasteiger partial charge in [0.15, 0.2) is 11.5 Å². The molecular weight excluding hydrogens is 461 g/mol. The molecule has 2 aromatic rings. The predicted molar refractivity (Wildman–Crippen MR) is 111 cm³/mol. The Bertz CT molecular complexity index is 768. The van der Waals surface area contributed by atoms with E-state index in [0.717, 1.165) is 14.7 Å². The monoisotopic (exact) mass is 485 g/mol. The molecule has 0 fully saturated rings. The molecule has 0 aliphatic carbocycles. The van der Waals surface area contributed by atoms with Crippen LogP contribution in [0.3, 0.4) is 0 Å². The van der Waals surface area contributed by atoms with Gasteiger partial charge in [0.1, 0.15) is 12.1 Å². The van der Waals surface area contributed by atoms with Crippen molar-refractivity contribution in [3.05, 3.63) is 57.2 Å². The molecule has 0 unspecified atom stereocenters. The topological polar surface area (TPSA) is 66.0 Å². The van der Waals surface area contributed by atoms with Gasteiger partial charge < -0.3 is 18.9 Å². The molecule has 2 rings (SSSR count). The normalized spacial score (nSPS) is 12.9. The Morgan fingerprint density at radius 3 is 2.33 bits per heavy atom. The molecular formula is C20H24INO5. The molecule has 0 aliphatic rings. The van der Waals surface area contributed by atoms with Gasteiger partial charge in [0.2, 0.25) is 0 Å². The van der Waals surface area contributed by atoms with Crippen molar-refractivity contribution in [2.75, 3.05) is 28.4 Å². The van der Waals surface area contributed by atoms with Crippen LogP contribution < -0.4 is 14.8 Å². The molecule has 6 nitrogen and oxygen atoms in total. The summed E-state index contributed by atoms with van der Waals surface area (Å²) in [5.41, 5.74) is 1.87. The SMILES string of the molecule is COC(=O)[C@H](NCc1ccc(OC)c(OC)c1)[C@@H](OC)c1ccccc1I. The van der Waals surface area contributed by atoms with Gasteiger partial charge in [0, 0.05) is 17.2 Å². The summed E-state index contributed by atoms with van der Waals surface area (Å²) in [6.07, 6.45) is -0.481. The van der Waals surface area contributed by atoms with E-state index in [4.69, 9.17) is 18.9 Å². The van der Waals surface area contributed by atoms with Crippen LogP contribution in [0.4, 0.5) is 0 Å². The number of carbonyl (C=O) groups excluding carboxylic acids is 1. The van der Waals surface area contributed by atoms with Crippen LogP contribution >= 0.6 is 22.6 Å². The maximum absolute atomic E-state index is 12.4. The molecule has 7 heteroatoms. The van der Waals surface area contributed by atoms with Gasteiger partial charge in [-0.15, -0.1) is 0 Å². The van der Waals surface area contributed by atoms with Crippen molar-refractivity contribution in [1.29, 1.82) is 0 Å². The van der Waals surface area contributed by atoms with E-state index >= 15 is 0 Å². The first-order valence-corrected chi connectivity index (χ1v) is 9.42. The predicted octanol–water partition coefficient (Wildman–Crippen LogP) is 3.33. The molecule has 0 spiro atoms. The highest BCUT2D eigenvalue weighted by Crippen LogP contribution is 2.29. The van der Waals surface area contributed by atoms with Crippen molar-refractivity contribution >= 4 is 28.6 Å². The Kier molecular flexibility index (Phi) is 8.33. The zero-order valence-electron chi connectivity index (χ0n) is 15.8. The van der Waals surface area contributed by atoms with E-state index in [1.54, 1.807) is 21.3 Å². The van der Waals surface area contributed by atoms with Crippen molar-refractivity contribution in [2.24, 2.45) is 0 Å². The van der Waals surface area contributed by atoms with Crippen LogP contribution in [0.25, 0.3) is 0 Å². The quantitative estimate of drug-likeness (QED) is 0.435. The van der Waals surface area contributed by atoms with Crippen LogP contribution in [0.1, 0.15) is 17.2 Å². The van der Waals surface area contributed by atoms with E-state index in [1.807, 2.05) is 42.5 Å². The fourth-order valence-corrected chi connectivity index (χ4v) is 3.50. The third-order valence-corrected chi connectivity index (χ3v) is 5.18. The summed E-state index contributed by atoms with van der Waals surface area (Å²) >= 11 is 2.23. The van der Waals surface area contributed by atoms with Gasteiger partial charge in [0.25, 0.3) is 0 Å². The van der Waals surface area contributed by atoms with Gasteiger partial charge in [-0.3, -0.25) is 10.1 Å². The van der Waals surface area contributed by atoms with E-state index < -0.39 is 12.1 Å². The molecule has 0 aromatic heterocycles. The van der Waals surface area contributed by atoms with Crippen LogP contribution in [0.15, 0.2) is 42.5 Å². The average molecular weight is 485 g/mol. The summed E-state index contributed by atoms with van der Waals surface area (Å²) in [7, 11) is 6.14. The van der Waals surface area contributed by atoms with Gasteiger partial charge in [-0.25, -0.2) is 0 Å². The number of methoxy groups -OCH3 is 4. The number of carbonyl (C=O) groups is 1. The molecule has 0 aliphatic heterocycles. The minimum absolute atomic E-state index is 0.387. The van der Waals surface area contributed by atoms with E-state index in [2.05, 4.69) is 27.9 Å². The highest BCUT2D eigenvalue weighted by Gasteiger charge is 2.31. The molecule has 1 N–H and O–H groups in total.